The van der Waals surface area contributed by atoms with Gasteiger partial charge in [-0.3, -0.25) is 4.68 Å². The van der Waals surface area contributed by atoms with Crippen molar-refractivity contribution < 1.29 is 9.90 Å². The molecule has 2 heterocycles. The van der Waals surface area contributed by atoms with Crippen molar-refractivity contribution in [2.45, 2.75) is 13.5 Å². The summed E-state index contributed by atoms with van der Waals surface area (Å²) in [5, 5.41) is 13.0. The summed E-state index contributed by atoms with van der Waals surface area (Å²) < 4.78 is 3.63. The summed E-state index contributed by atoms with van der Waals surface area (Å²) >= 11 is 0. The molecule has 0 saturated carbocycles. The minimum Gasteiger partial charge on any atom is -0.478 e. The van der Waals surface area contributed by atoms with Crippen LogP contribution in [0.4, 0.5) is 0 Å². The molecule has 84 valence electrons. The summed E-state index contributed by atoms with van der Waals surface area (Å²) in [6.07, 6.45) is 3.37. The van der Waals surface area contributed by atoms with Gasteiger partial charge in [-0.15, -0.1) is 0 Å². The largest absolute Gasteiger partial charge is 0.478 e. The van der Waals surface area contributed by atoms with Crippen molar-refractivity contribution in [1.29, 1.82) is 0 Å². The van der Waals surface area contributed by atoms with Gasteiger partial charge < -0.3 is 9.67 Å². The molecule has 1 N–H and O–H groups in total. The van der Waals surface area contributed by atoms with E-state index in [1.54, 1.807) is 23.1 Å². The number of hydrogen-bond donors (Lipinski definition) is 1. The van der Waals surface area contributed by atoms with Crippen molar-refractivity contribution >= 4 is 5.97 Å². The van der Waals surface area contributed by atoms with Gasteiger partial charge in [-0.25, -0.2) is 4.79 Å². The van der Waals surface area contributed by atoms with E-state index in [9.17, 15) is 4.79 Å². The van der Waals surface area contributed by atoms with Gasteiger partial charge in [0.1, 0.15) is 0 Å². The highest BCUT2D eigenvalue weighted by molar-refractivity contribution is 5.87. The molecule has 0 unspecified atom stereocenters. The van der Waals surface area contributed by atoms with Crippen LogP contribution in [0.3, 0.4) is 0 Å². The van der Waals surface area contributed by atoms with Crippen molar-refractivity contribution in [2.75, 3.05) is 0 Å². The second kappa shape index (κ2) is 3.84. The van der Waals surface area contributed by atoms with Crippen LogP contribution in [-0.2, 0) is 13.6 Å². The third-order valence-corrected chi connectivity index (χ3v) is 2.44. The van der Waals surface area contributed by atoms with E-state index >= 15 is 0 Å². The second-order valence-corrected chi connectivity index (χ2v) is 3.78. The van der Waals surface area contributed by atoms with Gasteiger partial charge in [0.25, 0.3) is 0 Å². The third kappa shape index (κ3) is 1.98. The summed E-state index contributed by atoms with van der Waals surface area (Å²) in [5.74, 6) is -0.903. The number of carboxylic acid groups (broad SMARTS) is 1. The highest BCUT2D eigenvalue weighted by atomic mass is 16.4. The average molecular weight is 219 g/mol. The van der Waals surface area contributed by atoms with Crippen LogP contribution >= 0.6 is 0 Å². The Balaban J connectivity index is 2.20. The summed E-state index contributed by atoms with van der Waals surface area (Å²) in [6.45, 7) is 2.56. The first-order valence-corrected chi connectivity index (χ1v) is 4.95. The van der Waals surface area contributed by atoms with Crippen molar-refractivity contribution in [3.8, 4) is 0 Å². The van der Waals surface area contributed by atoms with E-state index in [4.69, 9.17) is 5.11 Å². The lowest BCUT2D eigenvalue weighted by Crippen LogP contribution is -2.04. The number of aromatic carboxylic acids is 1. The predicted molar refractivity (Wildman–Crippen MR) is 58.4 cm³/mol. The van der Waals surface area contributed by atoms with E-state index in [1.165, 1.54) is 0 Å². The van der Waals surface area contributed by atoms with Gasteiger partial charge in [0.15, 0.2) is 0 Å². The SMILES string of the molecule is Cc1cc(Cn2ccc(C(=O)O)c2)n(C)n1. The first-order valence-electron chi connectivity index (χ1n) is 4.95. The van der Waals surface area contributed by atoms with Gasteiger partial charge in [-0.05, 0) is 19.1 Å². The molecule has 0 aromatic carbocycles. The van der Waals surface area contributed by atoms with Gasteiger partial charge >= 0.3 is 5.97 Å². The van der Waals surface area contributed by atoms with E-state index in [2.05, 4.69) is 5.10 Å². The Kier molecular flexibility index (Phi) is 2.52. The van der Waals surface area contributed by atoms with Crippen LogP contribution < -0.4 is 0 Å². The van der Waals surface area contributed by atoms with Gasteiger partial charge in [-0.1, -0.05) is 0 Å². The molecule has 0 aliphatic rings. The van der Waals surface area contributed by atoms with Crippen molar-refractivity contribution in [3.63, 3.8) is 0 Å². The number of carboxylic acids is 1. The number of carbonyl (C=O) groups is 1. The zero-order valence-electron chi connectivity index (χ0n) is 9.21. The fourth-order valence-electron chi connectivity index (χ4n) is 1.66. The van der Waals surface area contributed by atoms with Crippen LogP contribution in [0.15, 0.2) is 24.5 Å². The van der Waals surface area contributed by atoms with Crippen LogP contribution in [0.2, 0.25) is 0 Å². The lowest BCUT2D eigenvalue weighted by atomic mass is 10.3. The Morgan fingerprint density at radius 3 is 2.81 bits per heavy atom. The van der Waals surface area contributed by atoms with Gasteiger partial charge in [0, 0.05) is 19.4 Å². The number of aromatic nitrogens is 3. The van der Waals surface area contributed by atoms with E-state index in [0.717, 1.165) is 11.4 Å². The van der Waals surface area contributed by atoms with E-state index in [1.807, 2.05) is 24.6 Å². The Hall–Kier alpha value is -2.04. The Morgan fingerprint density at radius 2 is 2.31 bits per heavy atom. The lowest BCUT2D eigenvalue weighted by molar-refractivity contribution is 0.0697. The van der Waals surface area contributed by atoms with E-state index in [0.29, 0.717) is 12.1 Å². The van der Waals surface area contributed by atoms with Crippen molar-refractivity contribution in [2.24, 2.45) is 7.05 Å². The molecule has 0 saturated heterocycles. The zero-order valence-corrected chi connectivity index (χ0v) is 9.21. The summed E-state index contributed by atoms with van der Waals surface area (Å²) in [5.41, 5.74) is 2.31. The smallest absolute Gasteiger partial charge is 0.337 e. The highest BCUT2D eigenvalue weighted by Gasteiger charge is 2.06. The molecule has 0 amide bonds. The highest BCUT2D eigenvalue weighted by Crippen LogP contribution is 2.07. The first-order chi connectivity index (χ1) is 7.56. The maximum Gasteiger partial charge on any atom is 0.337 e. The van der Waals surface area contributed by atoms with Crippen LogP contribution in [-0.4, -0.2) is 25.4 Å². The molecule has 0 bridgehead atoms. The molecular weight excluding hydrogens is 206 g/mol. The van der Waals surface area contributed by atoms with Gasteiger partial charge in [0.2, 0.25) is 0 Å². The fraction of sp³-hybridized carbons (Fsp3) is 0.273. The minimum absolute atomic E-state index is 0.305. The molecule has 2 aromatic heterocycles. The fourth-order valence-corrected chi connectivity index (χ4v) is 1.66. The lowest BCUT2D eigenvalue weighted by Gasteiger charge is -2.02. The zero-order chi connectivity index (χ0) is 11.7. The molecule has 2 rings (SSSR count). The molecule has 16 heavy (non-hydrogen) atoms. The normalized spacial score (nSPS) is 10.6. The van der Waals surface area contributed by atoms with Crippen LogP contribution in [0.25, 0.3) is 0 Å². The van der Waals surface area contributed by atoms with Crippen molar-refractivity contribution in [3.05, 3.63) is 41.5 Å². The standard InChI is InChI=1S/C11H13N3O2/c1-8-5-10(13(2)12-8)7-14-4-3-9(6-14)11(15)16/h3-6H,7H2,1-2H3,(H,15,16). The Morgan fingerprint density at radius 1 is 1.56 bits per heavy atom. The average Bonchev–Trinajstić information content (AvgIpc) is 2.75. The van der Waals surface area contributed by atoms with Crippen LogP contribution in [0.1, 0.15) is 21.7 Å². The molecule has 0 fully saturated rings. The van der Waals surface area contributed by atoms with Crippen molar-refractivity contribution in [1.82, 2.24) is 14.3 Å². The topological polar surface area (TPSA) is 60.1 Å². The van der Waals surface area contributed by atoms with Crippen LogP contribution in [0, 0.1) is 6.92 Å². The summed E-state index contributed by atoms with van der Waals surface area (Å²) in [6, 6.07) is 3.58. The number of nitrogens with zero attached hydrogens (tertiary/aromatic N) is 3. The molecular formula is C11H13N3O2. The maximum absolute atomic E-state index is 10.7. The molecule has 5 nitrogen and oxygen atoms in total. The number of rotatable bonds is 3. The summed E-state index contributed by atoms with van der Waals surface area (Å²) in [4.78, 5) is 10.7. The third-order valence-electron chi connectivity index (χ3n) is 2.44. The molecule has 0 atom stereocenters. The number of aryl methyl sites for hydroxylation is 2. The molecule has 2 aromatic rings. The summed E-state index contributed by atoms with van der Waals surface area (Å²) in [7, 11) is 1.88. The van der Waals surface area contributed by atoms with Gasteiger partial charge in [-0.2, -0.15) is 5.10 Å². The second-order valence-electron chi connectivity index (χ2n) is 3.78. The maximum atomic E-state index is 10.7. The molecule has 5 heteroatoms. The first kappa shape index (κ1) is 10.5. The van der Waals surface area contributed by atoms with E-state index in [-0.39, 0.29) is 0 Å². The van der Waals surface area contributed by atoms with Crippen LogP contribution in [0.5, 0.6) is 0 Å². The minimum atomic E-state index is -0.903. The monoisotopic (exact) mass is 219 g/mol. The molecule has 0 aliphatic carbocycles. The van der Waals surface area contributed by atoms with Gasteiger partial charge in [0.05, 0.1) is 23.5 Å². The Bertz CT molecular complexity index is 525. The predicted octanol–water partition coefficient (Wildman–Crippen LogP) is 1.28. The molecule has 0 aliphatic heterocycles. The molecule has 0 spiro atoms. The quantitative estimate of drug-likeness (QED) is 0.845. The Labute approximate surface area is 92.9 Å². The van der Waals surface area contributed by atoms with E-state index < -0.39 is 5.97 Å². The number of hydrogen-bond acceptors (Lipinski definition) is 2. The molecule has 0 radical (unpaired) electrons.